The lowest BCUT2D eigenvalue weighted by Crippen LogP contribution is -2.31. The van der Waals surface area contributed by atoms with E-state index >= 15 is 0 Å². The minimum Gasteiger partial charge on any atom is -0.619 e. The first-order valence-electron chi connectivity index (χ1n) is 13.0. The van der Waals surface area contributed by atoms with Crippen LogP contribution in [0.1, 0.15) is 42.7 Å². The molecule has 0 saturated heterocycles. The molecule has 5 aromatic rings. The molecule has 1 amide bonds. The number of hydrogen-bond donors (Lipinski definition) is 2. The summed E-state index contributed by atoms with van der Waals surface area (Å²) < 4.78 is 2.48. The number of rotatable bonds is 6. The van der Waals surface area contributed by atoms with Crippen LogP contribution in [-0.2, 0) is 5.60 Å². The number of hydrogen-bond acceptors (Lipinski definition) is 6. The number of aromatic nitrogens is 4. The Morgan fingerprint density at radius 1 is 1.02 bits per heavy atom. The lowest BCUT2D eigenvalue weighted by Gasteiger charge is -2.16. The van der Waals surface area contributed by atoms with Crippen molar-refractivity contribution in [2.24, 2.45) is 0 Å². The largest absolute Gasteiger partial charge is 0.619 e. The number of pyridine rings is 4. The molecular weight excluding hydrogens is 506 g/mol. The van der Waals surface area contributed by atoms with Crippen LogP contribution >= 0.6 is 0 Å². The highest BCUT2D eigenvalue weighted by Gasteiger charge is 2.26. The predicted octanol–water partition coefficient (Wildman–Crippen LogP) is 3.87. The van der Waals surface area contributed by atoms with Crippen LogP contribution in [0, 0.1) is 5.21 Å². The van der Waals surface area contributed by atoms with E-state index in [-0.39, 0.29) is 17.0 Å². The summed E-state index contributed by atoms with van der Waals surface area (Å²) in [5.41, 5.74) is 3.10. The molecule has 2 N–H and O–H groups in total. The standard InChI is InChI=1S/C31H27N5O4/c1-31(2,39)27-11-8-20(15-33-27)22-13-21(16-35(40)17-22)19-5-3-6-24(14-19)36-18-26(30(38)34-23-9-10-23)28(37)25-7-4-12-32-29(25)36/h3-8,11-18,23,39H,9-10H2,1-2H3,(H,34,38). The summed E-state index contributed by atoms with van der Waals surface area (Å²) in [6.45, 7) is 3.33. The lowest BCUT2D eigenvalue weighted by atomic mass is 10.0. The fraction of sp³-hybridized carbons (Fsp3) is 0.194. The molecule has 6 rings (SSSR count). The Labute approximate surface area is 230 Å². The normalized spacial score (nSPS) is 13.4. The second-order valence-electron chi connectivity index (χ2n) is 10.6. The first kappa shape index (κ1) is 25.4. The molecule has 40 heavy (non-hydrogen) atoms. The predicted molar refractivity (Wildman–Crippen MR) is 151 cm³/mol. The highest BCUT2D eigenvalue weighted by atomic mass is 16.5. The Balaban J connectivity index is 1.43. The maximum absolute atomic E-state index is 13.2. The van der Waals surface area contributed by atoms with Crippen molar-refractivity contribution in [3.8, 4) is 27.9 Å². The zero-order chi connectivity index (χ0) is 28.0. The number of nitrogens with one attached hydrogen (secondary N) is 1. The van der Waals surface area contributed by atoms with Gasteiger partial charge in [-0.05, 0) is 68.7 Å². The van der Waals surface area contributed by atoms with Crippen LogP contribution < -0.4 is 15.5 Å². The molecule has 1 aliphatic carbocycles. The summed E-state index contributed by atoms with van der Waals surface area (Å²) in [6, 6.07) is 16.4. The zero-order valence-corrected chi connectivity index (χ0v) is 22.0. The van der Waals surface area contributed by atoms with Crippen molar-refractivity contribution >= 4 is 16.9 Å². The Bertz CT molecular complexity index is 1820. The molecule has 1 aliphatic rings. The molecule has 1 aromatic carbocycles. The molecule has 9 nitrogen and oxygen atoms in total. The van der Waals surface area contributed by atoms with Gasteiger partial charge in [0, 0.05) is 47.0 Å². The Kier molecular flexibility index (Phi) is 6.15. The fourth-order valence-electron chi connectivity index (χ4n) is 4.64. The van der Waals surface area contributed by atoms with E-state index in [2.05, 4.69) is 15.3 Å². The molecule has 4 heterocycles. The maximum Gasteiger partial charge on any atom is 0.257 e. The molecule has 200 valence electrons. The average molecular weight is 534 g/mol. The van der Waals surface area contributed by atoms with Gasteiger partial charge < -0.3 is 20.2 Å². The van der Waals surface area contributed by atoms with Crippen molar-refractivity contribution in [1.82, 2.24) is 19.9 Å². The number of benzene rings is 1. The van der Waals surface area contributed by atoms with Crippen LogP contribution in [0.3, 0.4) is 0 Å². The fourth-order valence-corrected chi connectivity index (χ4v) is 4.64. The van der Waals surface area contributed by atoms with Gasteiger partial charge in [0.1, 0.15) is 16.8 Å². The molecule has 9 heteroatoms. The third kappa shape index (κ3) is 4.94. The van der Waals surface area contributed by atoms with Gasteiger partial charge in [0.15, 0.2) is 12.4 Å². The quantitative estimate of drug-likeness (QED) is 0.252. The SMILES string of the molecule is CC(C)(O)c1ccc(-c2cc(-c3cccc(-n4cc(C(=O)NC5CC5)c(=O)c5cccnc54)c3)c[n+]([O-])c2)cn1. The van der Waals surface area contributed by atoms with Gasteiger partial charge in [-0.15, -0.1) is 0 Å². The van der Waals surface area contributed by atoms with E-state index < -0.39 is 11.5 Å². The number of carbonyl (C=O) groups excluding carboxylic acids is 1. The van der Waals surface area contributed by atoms with Gasteiger partial charge in [-0.2, -0.15) is 4.73 Å². The zero-order valence-electron chi connectivity index (χ0n) is 22.0. The number of carbonyl (C=O) groups is 1. The van der Waals surface area contributed by atoms with Crippen LogP contribution in [0.2, 0.25) is 0 Å². The molecule has 0 aliphatic heterocycles. The van der Waals surface area contributed by atoms with Crippen molar-refractivity contribution in [2.45, 2.75) is 38.3 Å². The smallest absolute Gasteiger partial charge is 0.257 e. The van der Waals surface area contributed by atoms with Crippen LogP contribution in [0.15, 0.2) is 90.4 Å². The minimum atomic E-state index is -1.07. The number of amides is 1. The van der Waals surface area contributed by atoms with Crippen molar-refractivity contribution in [3.05, 3.63) is 112 Å². The maximum atomic E-state index is 13.2. The first-order valence-corrected chi connectivity index (χ1v) is 13.0. The molecule has 4 aromatic heterocycles. The first-order chi connectivity index (χ1) is 19.2. The summed E-state index contributed by atoms with van der Waals surface area (Å²) in [4.78, 5) is 34.9. The van der Waals surface area contributed by atoms with E-state index in [9.17, 15) is 19.9 Å². The second kappa shape index (κ2) is 9.69. The van der Waals surface area contributed by atoms with Crippen LogP contribution in [0.5, 0.6) is 0 Å². The van der Waals surface area contributed by atoms with Crippen molar-refractivity contribution in [3.63, 3.8) is 0 Å². The third-order valence-electron chi connectivity index (χ3n) is 6.94. The Hall–Kier alpha value is -4.89. The molecule has 0 spiro atoms. The van der Waals surface area contributed by atoms with Gasteiger partial charge in [-0.1, -0.05) is 18.2 Å². The summed E-state index contributed by atoms with van der Waals surface area (Å²) in [5, 5.41) is 26.1. The van der Waals surface area contributed by atoms with Crippen LogP contribution in [0.4, 0.5) is 0 Å². The van der Waals surface area contributed by atoms with Gasteiger partial charge in [-0.25, -0.2) is 4.98 Å². The van der Waals surface area contributed by atoms with Crippen molar-refractivity contribution < 1.29 is 14.6 Å². The van der Waals surface area contributed by atoms with Gasteiger partial charge in [-0.3, -0.25) is 14.6 Å². The third-order valence-corrected chi connectivity index (χ3v) is 6.94. The highest BCUT2D eigenvalue weighted by Crippen LogP contribution is 2.28. The lowest BCUT2D eigenvalue weighted by molar-refractivity contribution is -0.604. The Morgan fingerprint density at radius 2 is 1.80 bits per heavy atom. The highest BCUT2D eigenvalue weighted by molar-refractivity contribution is 5.97. The Morgan fingerprint density at radius 3 is 2.50 bits per heavy atom. The van der Waals surface area contributed by atoms with E-state index in [1.54, 1.807) is 49.0 Å². The van der Waals surface area contributed by atoms with E-state index in [0.29, 0.717) is 33.5 Å². The molecule has 0 radical (unpaired) electrons. The summed E-state index contributed by atoms with van der Waals surface area (Å²) in [6.07, 6.45) is 9.55. The monoisotopic (exact) mass is 533 g/mol. The van der Waals surface area contributed by atoms with Gasteiger partial charge in [0.2, 0.25) is 5.43 Å². The van der Waals surface area contributed by atoms with E-state index in [1.165, 1.54) is 18.6 Å². The summed E-state index contributed by atoms with van der Waals surface area (Å²) >= 11 is 0. The van der Waals surface area contributed by atoms with Crippen LogP contribution in [0.25, 0.3) is 39.0 Å². The molecule has 0 atom stereocenters. The van der Waals surface area contributed by atoms with Gasteiger partial charge in [0.05, 0.1) is 11.1 Å². The molecule has 1 saturated carbocycles. The molecular formula is C31H27N5O4. The molecule has 0 unspecified atom stereocenters. The molecule has 1 fully saturated rings. The van der Waals surface area contributed by atoms with Crippen LogP contribution in [-0.4, -0.2) is 31.6 Å². The topological polar surface area (TPSA) is 124 Å². The summed E-state index contributed by atoms with van der Waals surface area (Å²) in [5.74, 6) is -0.396. The van der Waals surface area contributed by atoms with Gasteiger partial charge in [0.25, 0.3) is 5.91 Å². The van der Waals surface area contributed by atoms with Crippen molar-refractivity contribution in [1.29, 1.82) is 0 Å². The van der Waals surface area contributed by atoms with Crippen molar-refractivity contribution in [2.75, 3.05) is 0 Å². The van der Waals surface area contributed by atoms with E-state index in [1.807, 2.05) is 36.4 Å². The minimum absolute atomic E-state index is 0.0548. The van der Waals surface area contributed by atoms with E-state index in [4.69, 9.17) is 0 Å². The number of aliphatic hydroxyl groups is 1. The molecule has 0 bridgehead atoms. The number of nitrogens with zero attached hydrogens (tertiary/aromatic N) is 4. The summed E-state index contributed by atoms with van der Waals surface area (Å²) in [7, 11) is 0. The van der Waals surface area contributed by atoms with E-state index in [0.717, 1.165) is 28.7 Å². The van der Waals surface area contributed by atoms with Gasteiger partial charge >= 0.3 is 0 Å². The average Bonchev–Trinajstić information content (AvgIpc) is 3.77. The second-order valence-corrected chi connectivity index (χ2v) is 10.6. The number of fused-ring (bicyclic) bond motifs is 1.